The molecule has 0 aliphatic carbocycles. The van der Waals surface area contributed by atoms with Gasteiger partial charge in [-0.15, -0.1) is 0 Å². The van der Waals surface area contributed by atoms with Crippen LogP contribution >= 0.6 is 0 Å². The van der Waals surface area contributed by atoms with Gasteiger partial charge in [0.1, 0.15) is 0 Å². The average molecular weight is 160 g/mol. The summed E-state index contributed by atoms with van der Waals surface area (Å²) in [6.07, 6.45) is 0.979. The number of aliphatic carboxylic acids is 1. The van der Waals surface area contributed by atoms with Gasteiger partial charge in [0.15, 0.2) is 5.79 Å². The molecule has 11 heavy (non-hydrogen) atoms. The zero-order chi connectivity index (χ0) is 9.07. The minimum absolute atomic E-state index is 0.0671. The van der Waals surface area contributed by atoms with Gasteiger partial charge < -0.3 is 15.3 Å². The van der Waals surface area contributed by atoms with Crippen LogP contribution in [0.15, 0.2) is 11.6 Å². The molecule has 0 aliphatic rings. The minimum Gasteiger partial charge on any atom is -0.478 e. The van der Waals surface area contributed by atoms with Crippen molar-refractivity contribution in [3.05, 3.63) is 11.6 Å². The van der Waals surface area contributed by atoms with Crippen molar-refractivity contribution in [1.82, 2.24) is 0 Å². The molecule has 0 amide bonds. The number of aliphatic hydroxyl groups is 2. The third-order valence-corrected chi connectivity index (χ3v) is 1.31. The highest BCUT2D eigenvalue weighted by Gasteiger charge is 2.18. The Labute approximate surface area is 64.8 Å². The topological polar surface area (TPSA) is 77.8 Å². The van der Waals surface area contributed by atoms with E-state index < -0.39 is 11.8 Å². The molecule has 0 rings (SSSR count). The third kappa shape index (κ3) is 3.75. The second-order valence-electron chi connectivity index (χ2n) is 2.36. The van der Waals surface area contributed by atoms with Crippen LogP contribution in [0.5, 0.6) is 0 Å². The maximum atomic E-state index is 10.2. The zero-order valence-corrected chi connectivity index (χ0v) is 6.53. The van der Waals surface area contributed by atoms with E-state index >= 15 is 0 Å². The first-order chi connectivity index (χ1) is 4.89. The first kappa shape index (κ1) is 10.1. The first-order valence-electron chi connectivity index (χ1n) is 3.26. The maximum Gasteiger partial charge on any atom is 0.331 e. The summed E-state index contributed by atoms with van der Waals surface area (Å²) in [6, 6.07) is 0. The maximum absolute atomic E-state index is 10.2. The normalized spacial score (nSPS) is 13.3. The van der Waals surface area contributed by atoms with Crippen LogP contribution in [0.4, 0.5) is 0 Å². The summed E-state index contributed by atoms with van der Waals surface area (Å²) in [5.41, 5.74) is -0.0724. The molecule has 3 N–H and O–H groups in total. The lowest BCUT2D eigenvalue weighted by molar-refractivity contribution is -0.135. The second kappa shape index (κ2) is 3.50. The van der Waals surface area contributed by atoms with Gasteiger partial charge in [-0.2, -0.15) is 0 Å². The van der Waals surface area contributed by atoms with Gasteiger partial charge in [-0.3, -0.25) is 0 Å². The molecule has 0 spiro atoms. The molecular weight excluding hydrogens is 148 g/mol. The van der Waals surface area contributed by atoms with E-state index in [4.69, 9.17) is 15.3 Å². The largest absolute Gasteiger partial charge is 0.478 e. The Morgan fingerprint density at radius 1 is 1.55 bits per heavy atom. The molecule has 0 saturated carbocycles. The van der Waals surface area contributed by atoms with Crippen LogP contribution in [-0.2, 0) is 4.79 Å². The van der Waals surface area contributed by atoms with Crippen molar-refractivity contribution >= 4 is 5.97 Å². The van der Waals surface area contributed by atoms with Gasteiger partial charge in [-0.1, -0.05) is 6.92 Å². The van der Waals surface area contributed by atoms with Crippen LogP contribution < -0.4 is 0 Å². The van der Waals surface area contributed by atoms with Gasteiger partial charge in [0, 0.05) is 12.0 Å². The molecule has 0 aromatic rings. The zero-order valence-electron chi connectivity index (χ0n) is 6.53. The van der Waals surface area contributed by atoms with Crippen molar-refractivity contribution < 1.29 is 20.1 Å². The summed E-state index contributed by atoms with van der Waals surface area (Å²) in [5.74, 6) is -3.14. The van der Waals surface area contributed by atoms with Crippen molar-refractivity contribution in [2.24, 2.45) is 0 Å². The summed E-state index contributed by atoms with van der Waals surface area (Å²) in [7, 11) is 0. The van der Waals surface area contributed by atoms with Crippen LogP contribution in [0.2, 0.25) is 0 Å². The van der Waals surface area contributed by atoms with E-state index in [9.17, 15) is 4.79 Å². The van der Waals surface area contributed by atoms with Crippen LogP contribution in [0.1, 0.15) is 20.3 Å². The molecule has 0 radical (unpaired) electrons. The van der Waals surface area contributed by atoms with Gasteiger partial charge in [0.25, 0.3) is 0 Å². The molecule has 0 saturated heterocycles. The molecule has 0 aromatic carbocycles. The Morgan fingerprint density at radius 3 is 2.27 bits per heavy atom. The molecule has 0 heterocycles. The summed E-state index contributed by atoms with van der Waals surface area (Å²) in [4.78, 5) is 10.2. The second-order valence-corrected chi connectivity index (χ2v) is 2.36. The fourth-order valence-corrected chi connectivity index (χ4v) is 0.511. The fraction of sp³-hybridized carbons (Fsp3) is 0.571. The number of rotatable bonds is 3. The molecule has 4 nitrogen and oxygen atoms in total. The highest BCUT2D eigenvalue weighted by atomic mass is 16.5. The van der Waals surface area contributed by atoms with Gasteiger partial charge >= 0.3 is 5.97 Å². The molecule has 0 aromatic heterocycles. The molecule has 0 aliphatic heterocycles. The predicted octanol–water partition coefficient (Wildman–Crippen LogP) is 0.108. The quantitative estimate of drug-likeness (QED) is 0.404. The van der Waals surface area contributed by atoms with Gasteiger partial charge in [0.2, 0.25) is 0 Å². The average Bonchev–Trinajstić information content (AvgIpc) is 1.87. The van der Waals surface area contributed by atoms with Crippen molar-refractivity contribution in [2.45, 2.75) is 26.1 Å². The SMILES string of the molecule is CCC(O)(O)/C=C(\C)C(=O)O. The molecular formula is C7H12O4. The lowest BCUT2D eigenvalue weighted by Gasteiger charge is -2.14. The van der Waals surface area contributed by atoms with Gasteiger partial charge in [-0.25, -0.2) is 4.79 Å². The first-order valence-corrected chi connectivity index (χ1v) is 3.26. The third-order valence-electron chi connectivity index (χ3n) is 1.31. The van der Waals surface area contributed by atoms with Gasteiger partial charge in [-0.05, 0) is 13.0 Å². The molecule has 0 atom stereocenters. The molecule has 0 bridgehead atoms. The van der Waals surface area contributed by atoms with Crippen LogP contribution in [-0.4, -0.2) is 27.1 Å². The lowest BCUT2D eigenvalue weighted by Crippen LogP contribution is -2.24. The van der Waals surface area contributed by atoms with E-state index in [0.29, 0.717) is 0 Å². The summed E-state index contributed by atoms with van der Waals surface area (Å²) in [6.45, 7) is 2.85. The molecule has 0 fully saturated rings. The van der Waals surface area contributed by atoms with Crippen molar-refractivity contribution in [2.75, 3.05) is 0 Å². The Balaban J connectivity index is 4.41. The smallest absolute Gasteiger partial charge is 0.331 e. The number of carboxylic acids is 1. The lowest BCUT2D eigenvalue weighted by atomic mass is 10.1. The monoisotopic (exact) mass is 160 g/mol. The fourth-order valence-electron chi connectivity index (χ4n) is 0.511. The molecule has 4 heteroatoms. The van der Waals surface area contributed by atoms with E-state index in [-0.39, 0.29) is 12.0 Å². The Hall–Kier alpha value is -0.870. The van der Waals surface area contributed by atoms with Crippen molar-refractivity contribution in [3.8, 4) is 0 Å². The predicted molar refractivity (Wildman–Crippen MR) is 38.9 cm³/mol. The highest BCUT2D eigenvalue weighted by Crippen LogP contribution is 2.09. The van der Waals surface area contributed by atoms with E-state index in [2.05, 4.69) is 0 Å². The van der Waals surface area contributed by atoms with Crippen LogP contribution in [0.3, 0.4) is 0 Å². The van der Waals surface area contributed by atoms with Crippen LogP contribution in [0, 0.1) is 0 Å². The van der Waals surface area contributed by atoms with E-state index in [1.165, 1.54) is 6.92 Å². The van der Waals surface area contributed by atoms with Crippen molar-refractivity contribution in [3.63, 3.8) is 0 Å². The highest BCUT2D eigenvalue weighted by molar-refractivity contribution is 5.85. The minimum atomic E-state index is -2.00. The number of hydrogen-bond acceptors (Lipinski definition) is 3. The standard InChI is InChI=1S/C7H12O4/c1-3-7(10,11)4-5(2)6(8)9/h4,10-11H,3H2,1-2H3,(H,8,9)/b5-4+. The summed E-state index contributed by atoms with van der Waals surface area (Å²) in [5, 5.41) is 26.3. The molecule has 0 unspecified atom stereocenters. The van der Waals surface area contributed by atoms with E-state index in [1.807, 2.05) is 0 Å². The van der Waals surface area contributed by atoms with E-state index in [1.54, 1.807) is 6.92 Å². The van der Waals surface area contributed by atoms with E-state index in [0.717, 1.165) is 6.08 Å². The van der Waals surface area contributed by atoms with Crippen LogP contribution in [0.25, 0.3) is 0 Å². The Bertz CT molecular complexity index is 181. The van der Waals surface area contributed by atoms with Gasteiger partial charge in [0.05, 0.1) is 0 Å². The van der Waals surface area contributed by atoms with Crippen molar-refractivity contribution in [1.29, 1.82) is 0 Å². The summed E-state index contributed by atoms with van der Waals surface area (Å²) >= 11 is 0. The Morgan fingerprint density at radius 2 is 2.00 bits per heavy atom. The number of carboxylic acid groups (broad SMARTS) is 1. The number of carbonyl (C=O) groups is 1. The number of hydrogen-bond donors (Lipinski definition) is 3. The summed E-state index contributed by atoms with van der Waals surface area (Å²) < 4.78 is 0. The Kier molecular flexibility index (Phi) is 3.22. The molecule has 64 valence electrons.